The number of amides is 1. The van der Waals surface area contributed by atoms with Gasteiger partial charge >= 0.3 is 0 Å². The molecule has 0 bridgehead atoms. The van der Waals surface area contributed by atoms with Gasteiger partial charge in [0.2, 0.25) is 15.9 Å². The second kappa shape index (κ2) is 6.60. The summed E-state index contributed by atoms with van der Waals surface area (Å²) in [4.78, 5) is 12.3. The molecule has 0 aliphatic carbocycles. The molecule has 23 heavy (non-hydrogen) atoms. The second-order valence-electron chi connectivity index (χ2n) is 6.45. The Morgan fingerprint density at radius 1 is 1.30 bits per heavy atom. The van der Waals surface area contributed by atoms with Crippen molar-refractivity contribution in [1.82, 2.24) is 19.4 Å². The van der Waals surface area contributed by atoms with Gasteiger partial charge in [-0.15, -0.1) is 0 Å². The number of nitrogens with one attached hydrogen (secondary N) is 1. The highest BCUT2D eigenvalue weighted by atomic mass is 32.2. The van der Waals surface area contributed by atoms with Crippen LogP contribution in [-0.2, 0) is 34.3 Å². The van der Waals surface area contributed by atoms with Crippen molar-refractivity contribution in [3.63, 3.8) is 0 Å². The van der Waals surface area contributed by atoms with Crippen LogP contribution in [-0.4, -0.2) is 47.8 Å². The van der Waals surface area contributed by atoms with Crippen molar-refractivity contribution in [3.8, 4) is 0 Å². The summed E-state index contributed by atoms with van der Waals surface area (Å²) in [6.45, 7) is 2.34. The number of hydrogen-bond acceptors (Lipinski definition) is 4. The van der Waals surface area contributed by atoms with E-state index >= 15 is 0 Å². The van der Waals surface area contributed by atoms with Crippen molar-refractivity contribution in [2.24, 2.45) is 5.92 Å². The molecule has 8 heteroatoms. The van der Waals surface area contributed by atoms with Crippen LogP contribution in [0.3, 0.4) is 0 Å². The largest absolute Gasteiger partial charge is 0.352 e. The number of nitrogens with zero attached hydrogens (tertiary/aromatic N) is 3. The topological polar surface area (TPSA) is 84.3 Å². The van der Waals surface area contributed by atoms with Gasteiger partial charge in [0.1, 0.15) is 0 Å². The molecule has 2 aliphatic heterocycles. The van der Waals surface area contributed by atoms with Crippen LogP contribution in [0.25, 0.3) is 0 Å². The van der Waals surface area contributed by atoms with Gasteiger partial charge < -0.3 is 5.32 Å². The quantitative estimate of drug-likeness (QED) is 0.865. The highest BCUT2D eigenvalue weighted by Gasteiger charge is 2.29. The molecule has 0 saturated carbocycles. The number of sulfonamides is 1. The van der Waals surface area contributed by atoms with E-state index in [0.29, 0.717) is 32.5 Å². The Bertz CT molecular complexity index is 675. The number of carbonyl (C=O) groups excluding carboxylic acids is 1. The van der Waals surface area contributed by atoms with Gasteiger partial charge in [-0.3, -0.25) is 9.48 Å². The van der Waals surface area contributed by atoms with Crippen LogP contribution in [0, 0.1) is 5.92 Å². The van der Waals surface area contributed by atoms with Gasteiger partial charge in [0.25, 0.3) is 0 Å². The third-order valence-corrected chi connectivity index (χ3v) is 6.12. The molecule has 1 aromatic heterocycles. The molecule has 0 spiro atoms. The zero-order valence-corrected chi connectivity index (χ0v) is 14.3. The maximum atomic E-state index is 12.3. The van der Waals surface area contributed by atoms with Crippen molar-refractivity contribution in [3.05, 3.63) is 17.5 Å². The van der Waals surface area contributed by atoms with E-state index in [9.17, 15) is 13.2 Å². The van der Waals surface area contributed by atoms with Crippen molar-refractivity contribution >= 4 is 15.9 Å². The van der Waals surface area contributed by atoms with Crippen molar-refractivity contribution < 1.29 is 13.2 Å². The van der Waals surface area contributed by atoms with Gasteiger partial charge in [-0.05, 0) is 32.1 Å². The fraction of sp³-hybridized carbons (Fsp3) is 0.733. The zero-order chi connectivity index (χ0) is 16.4. The lowest BCUT2D eigenvalue weighted by Crippen LogP contribution is -2.42. The second-order valence-corrected chi connectivity index (χ2v) is 8.43. The minimum absolute atomic E-state index is 0.0221. The first-order valence-corrected chi connectivity index (χ1v) is 10.1. The van der Waals surface area contributed by atoms with E-state index in [4.69, 9.17) is 0 Å². The van der Waals surface area contributed by atoms with Crippen LogP contribution in [0.4, 0.5) is 0 Å². The van der Waals surface area contributed by atoms with E-state index in [2.05, 4.69) is 10.4 Å². The van der Waals surface area contributed by atoms with E-state index in [1.807, 2.05) is 10.9 Å². The molecule has 0 aromatic carbocycles. The zero-order valence-electron chi connectivity index (χ0n) is 13.5. The smallest absolute Gasteiger partial charge is 0.223 e. The van der Waals surface area contributed by atoms with E-state index in [1.165, 1.54) is 29.1 Å². The number of fused-ring (bicyclic) bond motifs is 1. The van der Waals surface area contributed by atoms with Crippen molar-refractivity contribution in [1.29, 1.82) is 0 Å². The van der Waals surface area contributed by atoms with E-state index in [1.54, 1.807) is 0 Å². The monoisotopic (exact) mass is 340 g/mol. The molecule has 1 saturated heterocycles. The first-order chi connectivity index (χ1) is 10.9. The highest BCUT2D eigenvalue weighted by molar-refractivity contribution is 7.88. The lowest BCUT2D eigenvalue weighted by molar-refractivity contribution is -0.126. The normalized spacial score (nSPS) is 20.2. The van der Waals surface area contributed by atoms with Crippen LogP contribution in [0.15, 0.2) is 6.20 Å². The molecule has 1 fully saturated rings. The number of aryl methyl sites for hydroxylation is 1. The number of piperidine rings is 1. The summed E-state index contributed by atoms with van der Waals surface area (Å²) in [6.07, 6.45) is 7.62. The fourth-order valence-corrected chi connectivity index (χ4v) is 4.28. The van der Waals surface area contributed by atoms with Crippen LogP contribution in [0.5, 0.6) is 0 Å². The van der Waals surface area contributed by atoms with Gasteiger partial charge in [0.15, 0.2) is 0 Å². The molecule has 2 aliphatic rings. The average molecular weight is 340 g/mol. The first kappa shape index (κ1) is 16.4. The number of carbonyl (C=O) groups is 1. The van der Waals surface area contributed by atoms with Crippen LogP contribution >= 0.6 is 0 Å². The van der Waals surface area contributed by atoms with Crippen LogP contribution in [0.2, 0.25) is 0 Å². The third kappa shape index (κ3) is 3.74. The van der Waals surface area contributed by atoms with Gasteiger partial charge in [0.05, 0.1) is 12.5 Å². The number of hydrogen-bond donors (Lipinski definition) is 1. The molecule has 1 amide bonds. The lowest BCUT2D eigenvalue weighted by Gasteiger charge is -2.29. The molecule has 1 N–H and O–H groups in total. The van der Waals surface area contributed by atoms with Gasteiger partial charge in [-0.2, -0.15) is 5.10 Å². The Labute approximate surface area is 137 Å². The molecule has 0 atom stereocenters. The summed E-state index contributed by atoms with van der Waals surface area (Å²) in [5.41, 5.74) is 2.34. The highest BCUT2D eigenvalue weighted by Crippen LogP contribution is 2.21. The van der Waals surface area contributed by atoms with Gasteiger partial charge in [-0.1, -0.05) is 0 Å². The number of aromatic nitrogens is 2. The Morgan fingerprint density at radius 2 is 2.04 bits per heavy atom. The summed E-state index contributed by atoms with van der Waals surface area (Å²) in [7, 11) is -3.14. The van der Waals surface area contributed by atoms with E-state index in [0.717, 1.165) is 18.5 Å². The molecule has 1 aromatic rings. The predicted octanol–water partition coefficient (Wildman–Crippen LogP) is 0.507. The summed E-state index contributed by atoms with van der Waals surface area (Å²) < 4.78 is 26.5. The number of rotatable bonds is 4. The summed E-state index contributed by atoms with van der Waals surface area (Å²) in [6, 6.07) is 0. The lowest BCUT2D eigenvalue weighted by atomic mass is 9.97. The molecule has 3 heterocycles. The third-order valence-electron chi connectivity index (χ3n) is 4.82. The molecule has 0 radical (unpaired) electrons. The minimum atomic E-state index is -3.14. The van der Waals surface area contributed by atoms with Crippen molar-refractivity contribution in [2.45, 2.75) is 45.2 Å². The maximum absolute atomic E-state index is 12.3. The Hall–Kier alpha value is -1.41. The summed E-state index contributed by atoms with van der Waals surface area (Å²) in [5.74, 6) is -0.0756. The fourth-order valence-electron chi connectivity index (χ4n) is 3.41. The molecular weight excluding hydrogens is 316 g/mol. The first-order valence-electron chi connectivity index (χ1n) is 8.21. The molecule has 128 valence electrons. The molecule has 3 rings (SSSR count). The Balaban J connectivity index is 1.52. The van der Waals surface area contributed by atoms with E-state index in [-0.39, 0.29) is 11.8 Å². The summed E-state index contributed by atoms with van der Waals surface area (Å²) in [5, 5.41) is 7.37. The van der Waals surface area contributed by atoms with Crippen LogP contribution < -0.4 is 5.32 Å². The average Bonchev–Trinajstić information content (AvgIpc) is 2.95. The molecule has 7 nitrogen and oxygen atoms in total. The maximum Gasteiger partial charge on any atom is 0.223 e. The predicted molar refractivity (Wildman–Crippen MR) is 86.2 cm³/mol. The standard InChI is InChI=1S/C15H24N4O3S/c1-23(21,22)18-8-5-12(6-9-18)15(20)16-10-13-11-17-19-7-3-2-4-14(13)19/h11-12H,2-10H2,1H3,(H,16,20). The molecule has 0 unspecified atom stereocenters. The molecular formula is C15H24N4O3S. The summed E-state index contributed by atoms with van der Waals surface area (Å²) >= 11 is 0. The van der Waals surface area contributed by atoms with E-state index < -0.39 is 10.0 Å². The SMILES string of the molecule is CS(=O)(=O)N1CCC(C(=O)NCc2cnn3c2CCCC3)CC1. The van der Waals surface area contributed by atoms with Gasteiger partial charge in [-0.25, -0.2) is 12.7 Å². The van der Waals surface area contributed by atoms with Crippen molar-refractivity contribution in [2.75, 3.05) is 19.3 Å². The van der Waals surface area contributed by atoms with Gasteiger partial charge in [0, 0.05) is 43.4 Å². The van der Waals surface area contributed by atoms with Crippen LogP contribution in [0.1, 0.15) is 36.9 Å². The Morgan fingerprint density at radius 3 is 2.74 bits per heavy atom. The minimum Gasteiger partial charge on any atom is -0.352 e. The Kier molecular flexibility index (Phi) is 4.72.